The smallest absolute Gasteiger partial charge is 0.338 e. The Hall–Kier alpha value is -2.40. The Morgan fingerprint density at radius 1 is 1.07 bits per heavy atom. The van der Waals surface area contributed by atoms with Gasteiger partial charge >= 0.3 is 5.97 Å². The second-order valence-electron chi connectivity index (χ2n) is 9.17. The van der Waals surface area contributed by atoms with Crippen LogP contribution in [0.15, 0.2) is 84.6 Å². The van der Waals surface area contributed by atoms with Gasteiger partial charge < -0.3 is 9.47 Å². The first-order valence-corrected chi connectivity index (χ1v) is 16.1. The van der Waals surface area contributed by atoms with E-state index in [4.69, 9.17) is 44.3 Å². The average molecular weight is 772 g/mol. The molecule has 42 heavy (non-hydrogen) atoms. The van der Waals surface area contributed by atoms with Crippen molar-refractivity contribution in [3.63, 3.8) is 0 Å². The summed E-state index contributed by atoms with van der Waals surface area (Å²) in [6.07, 6.45) is 1.75. The van der Waals surface area contributed by atoms with Crippen molar-refractivity contribution in [1.29, 1.82) is 0 Å². The van der Waals surface area contributed by atoms with Crippen molar-refractivity contribution < 1.29 is 14.3 Å². The molecule has 1 atom stereocenters. The molecule has 0 saturated heterocycles. The van der Waals surface area contributed by atoms with Crippen LogP contribution >= 0.6 is 78.0 Å². The van der Waals surface area contributed by atoms with Crippen LogP contribution in [0.1, 0.15) is 36.6 Å². The number of ether oxygens (including phenoxy) is 2. The van der Waals surface area contributed by atoms with Crippen LogP contribution in [0.3, 0.4) is 0 Å². The minimum atomic E-state index is -0.809. The highest BCUT2D eigenvalue weighted by Crippen LogP contribution is 2.36. The van der Waals surface area contributed by atoms with Gasteiger partial charge in [0.25, 0.3) is 5.56 Å². The third-order valence-electron chi connectivity index (χ3n) is 6.41. The predicted molar refractivity (Wildman–Crippen MR) is 174 cm³/mol. The molecule has 0 unspecified atom stereocenters. The monoisotopic (exact) mass is 768 g/mol. The van der Waals surface area contributed by atoms with Crippen molar-refractivity contribution >= 4 is 90.0 Å². The number of rotatable bonds is 7. The molecule has 0 radical (unpaired) electrons. The van der Waals surface area contributed by atoms with Gasteiger partial charge in [0.1, 0.15) is 18.4 Å². The molecule has 0 bridgehead atoms. The molecule has 3 aromatic carbocycles. The number of halogens is 5. The van der Waals surface area contributed by atoms with Gasteiger partial charge in [-0.1, -0.05) is 86.3 Å². The lowest BCUT2D eigenvalue weighted by Gasteiger charge is -2.25. The quantitative estimate of drug-likeness (QED) is 0.180. The molecule has 1 aromatic heterocycles. The van der Waals surface area contributed by atoms with Gasteiger partial charge in [-0.15, -0.1) is 0 Å². The first-order valence-electron chi connectivity index (χ1n) is 12.6. The van der Waals surface area contributed by atoms with E-state index >= 15 is 0 Å². The van der Waals surface area contributed by atoms with Crippen LogP contribution in [-0.2, 0) is 16.1 Å². The van der Waals surface area contributed by atoms with E-state index in [9.17, 15) is 9.59 Å². The molecule has 0 fully saturated rings. The maximum atomic E-state index is 14.0. The van der Waals surface area contributed by atoms with Gasteiger partial charge in [0, 0.05) is 15.1 Å². The minimum Gasteiger partial charge on any atom is -0.487 e. The Kier molecular flexibility index (Phi) is 9.66. The number of aromatic nitrogens is 1. The van der Waals surface area contributed by atoms with Gasteiger partial charge in [0.15, 0.2) is 4.80 Å². The van der Waals surface area contributed by atoms with Gasteiger partial charge in [-0.2, -0.15) is 0 Å². The van der Waals surface area contributed by atoms with Crippen LogP contribution in [0.5, 0.6) is 5.75 Å². The summed E-state index contributed by atoms with van der Waals surface area (Å²) in [7, 11) is 0. The first-order chi connectivity index (χ1) is 20.1. The fourth-order valence-electron chi connectivity index (χ4n) is 4.55. The topological polar surface area (TPSA) is 69.9 Å². The molecule has 2 heterocycles. The highest BCUT2D eigenvalue weighted by Gasteiger charge is 2.34. The summed E-state index contributed by atoms with van der Waals surface area (Å²) in [6, 6.07) is 15.3. The maximum absolute atomic E-state index is 14.0. The number of hydrogen-bond acceptors (Lipinski definition) is 6. The van der Waals surface area contributed by atoms with Crippen molar-refractivity contribution in [2.24, 2.45) is 4.99 Å². The summed E-state index contributed by atoms with van der Waals surface area (Å²) >= 11 is 27.2. The molecular weight excluding hydrogens is 751 g/mol. The van der Waals surface area contributed by atoms with E-state index in [2.05, 4.69) is 36.9 Å². The van der Waals surface area contributed by atoms with Gasteiger partial charge in [-0.05, 0) is 77.3 Å². The second kappa shape index (κ2) is 13.1. The molecule has 0 N–H and O–H groups in total. The molecule has 1 aliphatic heterocycles. The zero-order valence-electron chi connectivity index (χ0n) is 22.1. The van der Waals surface area contributed by atoms with E-state index < -0.39 is 12.0 Å². The van der Waals surface area contributed by atoms with Crippen LogP contribution < -0.4 is 19.6 Å². The molecule has 6 nitrogen and oxygen atoms in total. The highest BCUT2D eigenvalue weighted by atomic mass is 79.9. The normalized spacial score (nSPS) is 14.9. The predicted octanol–water partition coefficient (Wildman–Crippen LogP) is 7.86. The number of fused-ring (bicyclic) bond motifs is 1. The second-order valence-corrected chi connectivity index (χ2v) is 13.2. The number of carbonyl (C=O) groups is 1. The zero-order valence-corrected chi connectivity index (χ0v) is 28.3. The van der Waals surface area contributed by atoms with Gasteiger partial charge in [-0.3, -0.25) is 9.36 Å². The average Bonchev–Trinajstić information content (AvgIpc) is 3.23. The summed E-state index contributed by atoms with van der Waals surface area (Å²) in [4.78, 5) is 32.2. The van der Waals surface area contributed by atoms with Crippen LogP contribution in [-0.4, -0.2) is 17.1 Å². The van der Waals surface area contributed by atoms with Crippen LogP contribution in [0.2, 0.25) is 15.1 Å². The van der Waals surface area contributed by atoms with Gasteiger partial charge in [0.05, 0.1) is 36.9 Å². The molecular formula is C30H21Br2Cl3N2O4S. The molecule has 0 spiro atoms. The summed E-state index contributed by atoms with van der Waals surface area (Å²) in [5.74, 6) is -0.0204. The Bertz CT molecular complexity index is 1940. The van der Waals surface area contributed by atoms with Gasteiger partial charge in [0.2, 0.25) is 0 Å². The Balaban J connectivity index is 1.65. The lowest BCUT2D eigenvalue weighted by Crippen LogP contribution is -2.40. The molecule has 12 heteroatoms. The summed E-state index contributed by atoms with van der Waals surface area (Å²) < 4.78 is 14.9. The highest BCUT2D eigenvalue weighted by molar-refractivity contribution is 9.11. The standard InChI is InChI=1S/C30H21Br2Cl3N2O4S/c1-3-40-29(39)25-15(2)36-30-37(26(25)19-6-4-5-7-21(19)33)28(38)24(42-30)12-17-11-18(31)13-20(32)27(17)41-14-16-8-9-22(34)23(35)10-16/h4-13,26H,3,14H2,1-2H3/b24-12-/t26-/m1/s1. The fraction of sp³-hybridized carbons (Fsp3) is 0.167. The number of hydrogen-bond donors (Lipinski definition) is 0. The SMILES string of the molecule is CCOC(=O)C1=C(C)N=c2s/c(=C\c3cc(Br)cc(Br)c3OCc3ccc(Cl)c(Cl)c3)c(=O)n2[C@@H]1c1ccccc1Cl. The van der Waals surface area contributed by atoms with Crippen LogP contribution in [0, 0.1) is 0 Å². The molecule has 0 saturated carbocycles. The van der Waals surface area contributed by atoms with Crippen LogP contribution in [0.4, 0.5) is 0 Å². The number of carbonyl (C=O) groups excluding carboxylic acids is 1. The summed E-state index contributed by atoms with van der Waals surface area (Å²) in [6.45, 7) is 3.85. The number of thiazole rings is 1. The number of nitrogens with zero attached hydrogens (tertiary/aromatic N) is 2. The Labute approximate surface area is 277 Å². The van der Waals surface area contributed by atoms with Gasteiger partial charge in [-0.25, -0.2) is 9.79 Å². The first kappa shape index (κ1) is 31.0. The third-order valence-corrected chi connectivity index (χ3v) is 9.52. The van der Waals surface area contributed by atoms with Crippen molar-refractivity contribution in [3.05, 3.63) is 126 Å². The van der Waals surface area contributed by atoms with Crippen molar-refractivity contribution in [2.75, 3.05) is 6.61 Å². The van der Waals surface area contributed by atoms with Crippen LogP contribution in [0.25, 0.3) is 6.08 Å². The molecule has 1 aliphatic rings. The van der Waals surface area contributed by atoms with E-state index in [1.165, 1.54) is 15.9 Å². The fourth-order valence-corrected chi connectivity index (χ4v) is 7.52. The lowest BCUT2D eigenvalue weighted by atomic mass is 9.96. The van der Waals surface area contributed by atoms with Crippen molar-refractivity contribution in [3.8, 4) is 5.75 Å². The zero-order chi connectivity index (χ0) is 30.1. The minimum absolute atomic E-state index is 0.179. The Morgan fingerprint density at radius 3 is 2.55 bits per heavy atom. The van der Waals surface area contributed by atoms with E-state index in [0.717, 1.165) is 10.0 Å². The van der Waals surface area contributed by atoms with Crippen molar-refractivity contribution in [2.45, 2.75) is 26.5 Å². The number of allylic oxidation sites excluding steroid dienone is 1. The van der Waals surface area contributed by atoms with Crippen molar-refractivity contribution in [1.82, 2.24) is 4.57 Å². The number of benzene rings is 3. The Morgan fingerprint density at radius 2 is 1.83 bits per heavy atom. The van der Waals surface area contributed by atoms with E-state index in [1.807, 2.05) is 24.3 Å². The maximum Gasteiger partial charge on any atom is 0.338 e. The molecule has 5 rings (SSSR count). The number of esters is 1. The summed E-state index contributed by atoms with van der Waals surface area (Å²) in [5, 5.41) is 1.31. The van der Waals surface area contributed by atoms with E-state index in [1.54, 1.807) is 50.3 Å². The van der Waals surface area contributed by atoms with E-state index in [-0.39, 0.29) is 24.3 Å². The molecule has 0 aliphatic carbocycles. The lowest BCUT2D eigenvalue weighted by molar-refractivity contribution is -0.139. The molecule has 0 amide bonds. The largest absolute Gasteiger partial charge is 0.487 e. The summed E-state index contributed by atoms with van der Waals surface area (Å²) in [5.41, 5.74) is 2.47. The van der Waals surface area contributed by atoms with E-state index in [0.29, 0.717) is 51.4 Å². The molecule has 4 aromatic rings. The third kappa shape index (κ3) is 6.27. The molecule has 216 valence electrons.